The molecule has 0 spiro atoms. The second kappa shape index (κ2) is 6.62. The van der Waals surface area contributed by atoms with Gasteiger partial charge in [-0.15, -0.1) is 0 Å². The van der Waals surface area contributed by atoms with E-state index in [9.17, 15) is 9.18 Å². The number of carbonyl (C=O) groups excluding carboxylic acids is 1. The molecule has 0 saturated carbocycles. The van der Waals surface area contributed by atoms with Crippen LogP contribution in [0.4, 0.5) is 10.1 Å². The van der Waals surface area contributed by atoms with Crippen LogP contribution < -0.4 is 4.90 Å². The fraction of sp³-hybridized carbons (Fsp3) is 0.562. The molecule has 1 amide bonds. The molecule has 22 heavy (non-hydrogen) atoms. The Hall–Kier alpha value is -1.66. The normalized spacial score (nSPS) is 23.9. The van der Waals surface area contributed by atoms with Gasteiger partial charge in [-0.25, -0.2) is 4.39 Å². The molecule has 2 heterocycles. The largest absolute Gasteiger partial charge is 0.367 e. The van der Waals surface area contributed by atoms with Crippen LogP contribution in [-0.2, 0) is 9.53 Å². The Balaban J connectivity index is 1.50. The van der Waals surface area contributed by atoms with E-state index >= 15 is 0 Å². The van der Waals surface area contributed by atoms with Gasteiger partial charge in [0, 0.05) is 46.3 Å². The van der Waals surface area contributed by atoms with Gasteiger partial charge in [0.25, 0.3) is 0 Å². The number of morpholine rings is 1. The third-order valence-corrected chi connectivity index (χ3v) is 4.37. The highest BCUT2D eigenvalue weighted by Crippen LogP contribution is 2.20. The van der Waals surface area contributed by atoms with E-state index in [0.29, 0.717) is 12.2 Å². The number of nitrogens with zero attached hydrogens (tertiary/aromatic N) is 3. The number of likely N-dealkylation sites (N-methyl/N-ethyl adjacent to an activating group) is 1. The van der Waals surface area contributed by atoms with Crippen molar-refractivity contribution >= 4 is 11.6 Å². The second-order valence-corrected chi connectivity index (χ2v) is 5.95. The number of piperazine rings is 1. The Morgan fingerprint density at radius 1 is 1.23 bits per heavy atom. The zero-order valence-corrected chi connectivity index (χ0v) is 12.9. The molecule has 1 atom stereocenters. The minimum Gasteiger partial charge on any atom is -0.367 e. The van der Waals surface area contributed by atoms with E-state index in [1.165, 1.54) is 6.07 Å². The number of hydrogen-bond acceptors (Lipinski definition) is 4. The number of carbonyl (C=O) groups is 1. The summed E-state index contributed by atoms with van der Waals surface area (Å²) in [5.41, 5.74) is 0.682. The van der Waals surface area contributed by atoms with Crippen LogP contribution in [-0.4, -0.2) is 74.7 Å². The molecule has 0 N–H and O–H groups in total. The molecule has 0 radical (unpaired) electrons. The van der Waals surface area contributed by atoms with Gasteiger partial charge in [-0.2, -0.15) is 0 Å². The van der Waals surface area contributed by atoms with Crippen LogP contribution in [0.2, 0.25) is 0 Å². The maximum atomic E-state index is 13.8. The van der Waals surface area contributed by atoms with Crippen molar-refractivity contribution < 1.29 is 13.9 Å². The van der Waals surface area contributed by atoms with Gasteiger partial charge in [-0.05, 0) is 12.1 Å². The molecular weight excluding hydrogens is 285 g/mol. The number of benzene rings is 1. The summed E-state index contributed by atoms with van der Waals surface area (Å²) in [6.07, 6.45) is 0.0720. The molecule has 1 aromatic rings. The van der Waals surface area contributed by atoms with Gasteiger partial charge in [-0.1, -0.05) is 12.1 Å². The van der Waals surface area contributed by atoms with Crippen LogP contribution in [0.3, 0.4) is 0 Å². The van der Waals surface area contributed by atoms with Gasteiger partial charge >= 0.3 is 0 Å². The first-order valence-corrected chi connectivity index (χ1v) is 7.71. The summed E-state index contributed by atoms with van der Waals surface area (Å²) in [5, 5.41) is 0. The van der Waals surface area contributed by atoms with Gasteiger partial charge in [0.15, 0.2) is 0 Å². The fourth-order valence-corrected chi connectivity index (χ4v) is 3.04. The molecule has 1 aromatic carbocycles. The number of rotatable bonds is 3. The van der Waals surface area contributed by atoms with Crippen LogP contribution in [0.25, 0.3) is 0 Å². The van der Waals surface area contributed by atoms with E-state index in [-0.39, 0.29) is 24.4 Å². The van der Waals surface area contributed by atoms with Crippen molar-refractivity contribution in [3.63, 3.8) is 0 Å². The molecule has 2 aliphatic heterocycles. The topological polar surface area (TPSA) is 36.0 Å². The summed E-state index contributed by atoms with van der Waals surface area (Å²) < 4.78 is 19.4. The summed E-state index contributed by atoms with van der Waals surface area (Å²) in [5.74, 6) is -0.118. The van der Waals surface area contributed by atoms with Crippen molar-refractivity contribution in [3.05, 3.63) is 30.1 Å². The van der Waals surface area contributed by atoms with E-state index in [1.807, 2.05) is 19.2 Å². The highest BCUT2D eigenvalue weighted by molar-refractivity contribution is 5.77. The number of anilines is 1. The van der Waals surface area contributed by atoms with Crippen molar-refractivity contribution in [1.82, 2.24) is 9.80 Å². The predicted molar refractivity (Wildman–Crippen MR) is 82.4 cm³/mol. The average molecular weight is 307 g/mol. The molecule has 0 aliphatic carbocycles. The van der Waals surface area contributed by atoms with Crippen LogP contribution in [0.5, 0.6) is 0 Å². The molecule has 1 unspecified atom stereocenters. The van der Waals surface area contributed by atoms with E-state index < -0.39 is 0 Å². The average Bonchev–Trinajstić information content (AvgIpc) is 2.52. The molecule has 120 valence electrons. The number of amides is 1. The maximum Gasteiger partial charge on any atom is 0.248 e. The second-order valence-electron chi connectivity index (χ2n) is 5.95. The summed E-state index contributed by atoms with van der Waals surface area (Å²) in [6, 6.07) is 6.92. The lowest BCUT2D eigenvalue weighted by atomic mass is 10.2. The zero-order valence-electron chi connectivity index (χ0n) is 12.9. The minimum absolute atomic E-state index is 0.0422. The molecule has 0 bridgehead atoms. The third-order valence-electron chi connectivity index (χ3n) is 4.37. The molecule has 2 aliphatic rings. The van der Waals surface area contributed by atoms with Crippen molar-refractivity contribution in [2.75, 3.05) is 57.8 Å². The quantitative estimate of drug-likeness (QED) is 0.828. The number of ether oxygens (including phenoxy) is 1. The molecule has 3 rings (SSSR count). The molecule has 0 aromatic heterocycles. The van der Waals surface area contributed by atoms with Crippen LogP contribution in [0.15, 0.2) is 24.3 Å². The van der Waals surface area contributed by atoms with Crippen molar-refractivity contribution in [1.29, 1.82) is 0 Å². The predicted octanol–water partition coefficient (Wildman–Crippen LogP) is 0.805. The van der Waals surface area contributed by atoms with Crippen LogP contribution in [0, 0.1) is 5.82 Å². The number of para-hydroxylation sites is 1. The van der Waals surface area contributed by atoms with Crippen molar-refractivity contribution in [3.8, 4) is 0 Å². The van der Waals surface area contributed by atoms with Crippen LogP contribution in [0.1, 0.15) is 0 Å². The van der Waals surface area contributed by atoms with E-state index in [1.54, 1.807) is 11.0 Å². The van der Waals surface area contributed by atoms with Gasteiger partial charge in [0.2, 0.25) is 5.91 Å². The van der Waals surface area contributed by atoms with Gasteiger partial charge in [0.05, 0.1) is 11.8 Å². The Kier molecular flexibility index (Phi) is 4.59. The number of halogens is 1. The molecule has 2 saturated heterocycles. The molecular formula is C16H22FN3O2. The lowest BCUT2D eigenvalue weighted by molar-refractivity contribution is -0.147. The Bertz CT molecular complexity index is 532. The van der Waals surface area contributed by atoms with E-state index in [0.717, 1.165) is 32.7 Å². The minimum atomic E-state index is -0.160. The third kappa shape index (κ3) is 3.39. The summed E-state index contributed by atoms with van der Waals surface area (Å²) in [7, 11) is 1.81. The SMILES string of the molecule is CN1CC(CN2CCN(c3ccccc3F)CC2)OCC1=O. The molecule has 5 nitrogen and oxygen atoms in total. The molecule has 6 heteroatoms. The standard InChI is InChI=1S/C16H22FN3O2/c1-18-10-13(22-12-16(18)21)11-19-6-8-20(9-7-19)15-5-3-2-4-14(15)17/h2-5,13H,6-12H2,1H3. The first kappa shape index (κ1) is 15.2. The van der Waals surface area contributed by atoms with Crippen LogP contribution >= 0.6 is 0 Å². The van der Waals surface area contributed by atoms with Gasteiger partial charge in [-0.3, -0.25) is 9.69 Å². The summed E-state index contributed by atoms with van der Waals surface area (Å²) in [6.45, 7) is 5.02. The first-order chi connectivity index (χ1) is 10.6. The Morgan fingerprint density at radius 2 is 1.95 bits per heavy atom. The summed E-state index contributed by atoms with van der Waals surface area (Å²) in [4.78, 5) is 17.5. The highest BCUT2D eigenvalue weighted by Gasteiger charge is 2.27. The van der Waals surface area contributed by atoms with Crippen molar-refractivity contribution in [2.45, 2.75) is 6.10 Å². The zero-order chi connectivity index (χ0) is 15.5. The smallest absolute Gasteiger partial charge is 0.248 e. The first-order valence-electron chi connectivity index (χ1n) is 7.71. The lowest BCUT2D eigenvalue weighted by Crippen LogP contribution is -2.53. The maximum absolute atomic E-state index is 13.8. The summed E-state index contributed by atoms with van der Waals surface area (Å²) >= 11 is 0. The van der Waals surface area contributed by atoms with Crippen molar-refractivity contribution in [2.24, 2.45) is 0 Å². The Labute approximate surface area is 130 Å². The molecule has 2 fully saturated rings. The lowest BCUT2D eigenvalue weighted by Gasteiger charge is -2.39. The van der Waals surface area contributed by atoms with Gasteiger partial charge < -0.3 is 14.5 Å². The highest BCUT2D eigenvalue weighted by atomic mass is 19.1. The van der Waals surface area contributed by atoms with Gasteiger partial charge in [0.1, 0.15) is 12.4 Å². The van der Waals surface area contributed by atoms with E-state index in [2.05, 4.69) is 9.80 Å². The monoisotopic (exact) mass is 307 g/mol. The number of hydrogen-bond donors (Lipinski definition) is 0. The fourth-order valence-electron chi connectivity index (χ4n) is 3.04. The Morgan fingerprint density at radius 3 is 2.64 bits per heavy atom. The van der Waals surface area contributed by atoms with E-state index in [4.69, 9.17) is 4.74 Å².